The van der Waals surface area contributed by atoms with Crippen LogP contribution in [0, 0.1) is 21.8 Å². The quantitative estimate of drug-likeness (QED) is 0.449. The number of non-ortho nitro benzene ring substituents is 1. The Balaban J connectivity index is 2.84. The van der Waals surface area contributed by atoms with E-state index in [4.69, 9.17) is 0 Å². The molecule has 4 nitrogen and oxygen atoms in total. The molecule has 1 aromatic carbocycles. The summed E-state index contributed by atoms with van der Waals surface area (Å²) in [7, 11) is 0. The fourth-order valence-corrected chi connectivity index (χ4v) is 3.65. The molecule has 0 N–H and O–H groups in total. The molecular formula is C15H16BrFN2O2. The summed E-state index contributed by atoms with van der Waals surface area (Å²) in [6, 6.07) is 4.24. The number of pyridine rings is 1. The number of halogens is 2. The molecule has 1 aromatic heterocycles. The summed E-state index contributed by atoms with van der Waals surface area (Å²) in [6.07, 6.45) is 1.53. The van der Waals surface area contributed by atoms with Crippen molar-refractivity contribution in [3.8, 4) is 0 Å². The van der Waals surface area contributed by atoms with Crippen molar-refractivity contribution in [3.05, 3.63) is 45.9 Å². The van der Waals surface area contributed by atoms with Crippen molar-refractivity contribution in [2.24, 2.45) is 5.92 Å². The van der Waals surface area contributed by atoms with Crippen LogP contribution >= 0.6 is 15.9 Å². The van der Waals surface area contributed by atoms with Gasteiger partial charge in [-0.3, -0.25) is 15.1 Å². The normalized spacial score (nSPS) is 14.4. The molecule has 0 radical (unpaired) electrons. The summed E-state index contributed by atoms with van der Waals surface area (Å²) >= 11 is 3.52. The van der Waals surface area contributed by atoms with E-state index in [0.29, 0.717) is 16.5 Å². The zero-order chi connectivity index (χ0) is 15.7. The number of rotatable bonds is 4. The van der Waals surface area contributed by atoms with Crippen molar-refractivity contribution in [1.82, 2.24) is 4.98 Å². The van der Waals surface area contributed by atoms with Crippen molar-refractivity contribution < 1.29 is 9.31 Å². The maximum atomic E-state index is 14.5. The lowest BCUT2D eigenvalue weighted by molar-refractivity contribution is -0.383. The Kier molecular flexibility index (Phi) is 4.56. The highest BCUT2D eigenvalue weighted by molar-refractivity contribution is 9.09. The Bertz CT molecular complexity index is 681. The molecule has 2 rings (SSSR count). The Morgan fingerprint density at radius 3 is 2.57 bits per heavy atom. The number of hydrogen-bond donors (Lipinski definition) is 0. The van der Waals surface area contributed by atoms with E-state index in [1.807, 2.05) is 20.8 Å². The molecule has 0 saturated heterocycles. The molecule has 1 heterocycles. The molecule has 0 aliphatic heterocycles. The van der Waals surface area contributed by atoms with Crippen molar-refractivity contribution in [2.45, 2.75) is 31.5 Å². The first-order valence-corrected chi connectivity index (χ1v) is 7.61. The minimum atomic E-state index is -0.571. The van der Waals surface area contributed by atoms with E-state index in [1.165, 1.54) is 6.20 Å². The first-order valence-electron chi connectivity index (χ1n) is 6.70. The average Bonchev–Trinajstić information content (AvgIpc) is 2.40. The molecule has 0 fully saturated rings. The van der Waals surface area contributed by atoms with E-state index in [1.54, 1.807) is 12.1 Å². The standard InChI is InChI=1S/C15H16BrFN2O2/c1-8(2)13(9(3)16)14-11(17)7-12(19(20)21)10-5-4-6-18-15(10)14/h4-9,13H,1-3H3. The molecule has 6 heteroatoms. The van der Waals surface area contributed by atoms with Gasteiger partial charge in [0, 0.05) is 22.5 Å². The minimum Gasteiger partial charge on any atom is -0.258 e. The summed E-state index contributed by atoms with van der Waals surface area (Å²) in [5, 5.41) is 11.5. The predicted octanol–water partition coefficient (Wildman–Crippen LogP) is 4.81. The third-order valence-electron chi connectivity index (χ3n) is 3.60. The first-order chi connectivity index (χ1) is 9.84. The van der Waals surface area contributed by atoms with E-state index >= 15 is 0 Å². The van der Waals surface area contributed by atoms with Crippen molar-refractivity contribution in [3.63, 3.8) is 0 Å². The van der Waals surface area contributed by atoms with Gasteiger partial charge < -0.3 is 0 Å². The van der Waals surface area contributed by atoms with Crippen molar-refractivity contribution >= 4 is 32.5 Å². The second-order valence-electron chi connectivity index (χ2n) is 5.40. The third-order valence-corrected chi connectivity index (χ3v) is 4.17. The summed E-state index contributed by atoms with van der Waals surface area (Å²) in [6.45, 7) is 5.94. The number of fused-ring (bicyclic) bond motifs is 1. The van der Waals surface area contributed by atoms with Gasteiger partial charge in [0.25, 0.3) is 5.69 Å². The Hall–Kier alpha value is -1.56. The zero-order valence-electron chi connectivity index (χ0n) is 12.0. The highest BCUT2D eigenvalue weighted by Crippen LogP contribution is 2.39. The molecule has 0 aliphatic carbocycles. The van der Waals surface area contributed by atoms with Crippen LogP contribution in [0.15, 0.2) is 24.4 Å². The van der Waals surface area contributed by atoms with Gasteiger partial charge in [0.15, 0.2) is 0 Å². The van der Waals surface area contributed by atoms with Crippen LogP contribution in [0.25, 0.3) is 10.9 Å². The Labute approximate surface area is 130 Å². The van der Waals surface area contributed by atoms with Gasteiger partial charge in [0.2, 0.25) is 0 Å². The van der Waals surface area contributed by atoms with Gasteiger partial charge in [-0.05, 0) is 18.1 Å². The van der Waals surface area contributed by atoms with Gasteiger partial charge in [-0.1, -0.05) is 36.7 Å². The number of nitro benzene ring substituents is 1. The molecule has 2 aromatic rings. The number of aromatic nitrogens is 1. The number of nitrogens with zero attached hydrogens (tertiary/aromatic N) is 2. The third kappa shape index (κ3) is 2.90. The van der Waals surface area contributed by atoms with Gasteiger partial charge in [0.1, 0.15) is 5.82 Å². The van der Waals surface area contributed by atoms with Gasteiger partial charge in [-0.2, -0.15) is 0 Å². The average molecular weight is 355 g/mol. The molecule has 112 valence electrons. The smallest absolute Gasteiger partial charge is 0.258 e. The van der Waals surface area contributed by atoms with Crippen molar-refractivity contribution in [1.29, 1.82) is 0 Å². The summed E-state index contributed by atoms with van der Waals surface area (Å²) in [5.74, 6) is -0.526. The van der Waals surface area contributed by atoms with Crippen LogP contribution in [-0.4, -0.2) is 14.7 Å². The predicted molar refractivity (Wildman–Crippen MR) is 84.3 cm³/mol. The zero-order valence-corrected chi connectivity index (χ0v) is 13.6. The molecule has 0 bridgehead atoms. The molecule has 0 spiro atoms. The van der Waals surface area contributed by atoms with E-state index in [2.05, 4.69) is 20.9 Å². The minimum absolute atomic E-state index is 0.0265. The fourth-order valence-electron chi connectivity index (χ4n) is 2.78. The lowest BCUT2D eigenvalue weighted by Crippen LogP contribution is -2.18. The van der Waals surface area contributed by atoms with E-state index in [0.717, 1.165) is 6.07 Å². The maximum absolute atomic E-state index is 14.5. The highest BCUT2D eigenvalue weighted by atomic mass is 79.9. The molecule has 2 unspecified atom stereocenters. The lowest BCUT2D eigenvalue weighted by Gasteiger charge is -2.25. The van der Waals surface area contributed by atoms with Gasteiger partial charge in [0.05, 0.1) is 21.9 Å². The second-order valence-corrected chi connectivity index (χ2v) is 6.84. The van der Waals surface area contributed by atoms with E-state index < -0.39 is 10.7 Å². The van der Waals surface area contributed by atoms with Crippen LogP contribution in [0.1, 0.15) is 32.3 Å². The molecule has 0 saturated carbocycles. The van der Waals surface area contributed by atoms with Gasteiger partial charge in [-0.25, -0.2) is 4.39 Å². The monoisotopic (exact) mass is 354 g/mol. The summed E-state index contributed by atoms with van der Waals surface area (Å²) in [4.78, 5) is 14.8. The maximum Gasteiger partial charge on any atom is 0.281 e. The Morgan fingerprint density at radius 2 is 2.05 bits per heavy atom. The SMILES string of the molecule is CC(C)C(c1c(F)cc([N+](=O)[O-])c2cccnc12)C(C)Br. The van der Waals surface area contributed by atoms with Crippen LogP contribution in [0.2, 0.25) is 0 Å². The van der Waals surface area contributed by atoms with Crippen LogP contribution < -0.4 is 0 Å². The first kappa shape index (κ1) is 15.8. The molecule has 21 heavy (non-hydrogen) atoms. The van der Waals surface area contributed by atoms with Crippen LogP contribution in [-0.2, 0) is 0 Å². The van der Waals surface area contributed by atoms with Crippen LogP contribution in [0.4, 0.5) is 10.1 Å². The van der Waals surface area contributed by atoms with Crippen LogP contribution in [0.3, 0.4) is 0 Å². The molecular weight excluding hydrogens is 339 g/mol. The van der Waals surface area contributed by atoms with E-state index in [9.17, 15) is 14.5 Å². The second kappa shape index (κ2) is 6.05. The largest absolute Gasteiger partial charge is 0.281 e. The number of alkyl halides is 1. The summed E-state index contributed by atoms with van der Waals surface area (Å²) < 4.78 is 14.5. The highest BCUT2D eigenvalue weighted by Gasteiger charge is 2.29. The fraction of sp³-hybridized carbons (Fsp3) is 0.400. The number of benzene rings is 1. The van der Waals surface area contributed by atoms with Crippen molar-refractivity contribution in [2.75, 3.05) is 0 Å². The summed E-state index contributed by atoms with van der Waals surface area (Å²) in [5.41, 5.74) is 0.564. The lowest BCUT2D eigenvalue weighted by atomic mass is 9.84. The van der Waals surface area contributed by atoms with Gasteiger partial charge in [-0.15, -0.1) is 0 Å². The van der Waals surface area contributed by atoms with Crippen LogP contribution in [0.5, 0.6) is 0 Å². The molecule has 0 amide bonds. The molecule has 0 aliphatic rings. The Morgan fingerprint density at radius 1 is 1.38 bits per heavy atom. The number of hydrogen-bond acceptors (Lipinski definition) is 3. The number of nitro groups is 1. The molecule has 2 atom stereocenters. The topological polar surface area (TPSA) is 56.0 Å². The van der Waals surface area contributed by atoms with E-state index in [-0.39, 0.29) is 22.4 Å². The van der Waals surface area contributed by atoms with Gasteiger partial charge >= 0.3 is 0 Å².